The standard InChI is InChI=1S/C19H13N3O3S2/c1-11-2-4-12(5-3-11)15-10-26-19(20-15)21-18(23)17-9-13-8-14(22(24)25)6-7-16(13)27-17/h2-10H,1H3,(H,20,21,23). The van der Waals surface area contributed by atoms with Crippen molar-refractivity contribution < 1.29 is 9.72 Å². The van der Waals surface area contributed by atoms with Crippen molar-refractivity contribution in [3.05, 3.63) is 74.5 Å². The first-order valence-electron chi connectivity index (χ1n) is 8.01. The summed E-state index contributed by atoms with van der Waals surface area (Å²) < 4.78 is 0.824. The minimum Gasteiger partial charge on any atom is -0.297 e. The van der Waals surface area contributed by atoms with Gasteiger partial charge in [0.05, 0.1) is 15.5 Å². The number of aromatic nitrogens is 1. The molecule has 4 aromatic rings. The lowest BCUT2D eigenvalue weighted by atomic mass is 10.1. The Kier molecular flexibility index (Phi) is 4.43. The highest BCUT2D eigenvalue weighted by Gasteiger charge is 2.15. The number of carbonyl (C=O) groups excluding carboxylic acids is 1. The summed E-state index contributed by atoms with van der Waals surface area (Å²) in [6, 6.07) is 14.3. The number of thiazole rings is 1. The van der Waals surface area contributed by atoms with Crippen LogP contribution in [0.3, 0.4) is 0 Å². The molecule has 0 spiro atoms. The van der Waals surface area contributed by atoms with Crippen LogP contribution in [-0.2, 0) is 0 Å². The molecular weight excluding hydrogens is 382 g/mol. The molecule has 8 heteroatoms. The third-order valence-corrected chi connectivity index (χ3v) is 5.88. The van der Waals surface area contributed by atoms with E-state index in [9.17, 15) is 14.9 Å². The van der Waals surface area contributed by atoms with Crippen molar-refractivity contribution in [3.8, 4) is 11.3 Å². The number of rotatable bonds is 4. The number of nitrogens with zero attached hydrogens (tertiary/aromatic N) is 2. The van der Waals surface area contributed by atoms with Crippen molar-refractivity contribution in [2.24, 2.45) is 0 Å². The molecule has 4 rings (SSSR count). The van der Waals surface area contributed by atoms with Crippen LogP contribution >= 0.6 is 22.7 Å². The minimum atomic E-state index is -0.445. The Morgan fingerprint density at radius 2 is 1.93 bits per heavy atom. The van der Waals surface area contributed by atoms with E-state index >= 15 is 0 Å². The molecule has 0 saturated heterocycles. The van der Waals surface area contributed by atoms with Crippen molar-refractivity contribution in [2.75, 3.05) is 5.32 Å². The Morgan fingerprint density at radius 3 is 2.67 bits per heavy atom. The largest absolute Gasteiger partial charge is 0.297 e. The maximum absolute atomic E-state index is 12.5. The molecule has 0 bridgehead atoms. The van der Waals surface area contributed by atoms with E-state index in [0.29, 0.717) is 15.4 Å². The lowest BCUT2D eigenvalue weighted by Gasteiger charge is -1.99. The maximum Gasteiger partial charge on any atom is 0.270 e. The Balaban J connectivity index is 1.54. The molecule has 0 aliphatic heterocycles. The molecule has 27 heavy (non-hydrogen) atoms. The van der Waals surface area contributed by atoms with Gasteiger partial charge in [-0.1, -0.05) is 29.8 Å². The average molecular weight is 395 g/mol. The topological polar surface area (TPSA) is 85.1 Å². The number of amides is 1. The van der Waals surface area contributed by atoms with Crippen LogP contribution < -0.4 is 5.32 Å². The van der Waals surface area contributed by atoms with Gasteiger partial charge in [0.15, 0.2) is 5.13 Å². The van der Waals surface area contributed by atoms with Gasteiger partial charge in [-0.25, -0.2) is 4.98 Å². The molecule has 2 aromatic carbocycles. The summed E-state index contributed by atoms with van der Waals surface area (Å²) >= 11 is 2.65. The van der Waals surface area contributed by atoms with Crippen LogP contribution in [0, 0.1) is 17.0 Å². The van der Waals surface area contributed by atoms with E-state index in [2.05, 4.69) is 10.3 Å². The normalized spacial score (nSPS) is 10.9. The van der Waals surface area contributed by atoms with E-state index in [4.69, 9.17) is 0 Å². The van der Waals surface area contributed by atoms with Gasteiger partial charge < -0.3 is 0 Å². The predicted octanol–water partition coefficient (Wildman–Crippen LogP) is 5.49. The number of nitro benzene ring substituents is 1. The zero-order valence-electron chi connectivity index (χ0n) is 14.1. The van der Waals surface area contributed by atoms with Crippen LogP contribution in [0.1, 0.15) is 15.2 Å². The number of fused-ring (bicyclic) bond motifs is 1. The molecule has 0 atom stereocenters. The van der Waals surface area contributed by atoms with E-state index in [1.165, 1.54) is 40.4 Å². The van der Waals surface area contributed by atoms with Crippen LogP contribution in [0.2, 0.25) is 0 Å². The van der Waals surface area contributed by atoms with Gasteiger partial charge in [-0.3, -0.25) is 20.2 Å². The van der Waals surface area contributed by atoms with Gasteiger partial charge in [-0.05, 0) is 19.1 Å². The molecule has 0 fully saturated rings. The molecule has 0 aliphatic rings. The molecule has 1 amide bonds. The summed E-state index contributed by atoms with van der Waals surface area (Å²) in [4.78, 5) is 27.9. The summed E-state index contributed by atoms with van der Waals surface area (Å²) in [5.74, 6) is -0.274. The summed E-state index contributed by atoms with van der Waals surface area (Å²) in [7, 11) is 0. The van der Waals surface area contributed by atoms with E-state index in [1.54, 1.807) is 12.1 Å². The van der Waals surface area contributed by atoms with Crippen LogP contribution in [-0.4, -0.2) is 15.8 Å². The first-order valence-corrected chi connectivity index (χ1v) is 9.71. The Bertz CT molecular complexity index is 1160. The van der Waals surface area contributed by atoms with Crippen LogP contribution in [0.5, 0.6) is 0 Å². The highest BCUT2D eigenvalue weighted by Crippen LogP contribution is 2.30. The number of thiophene rings is 1. The van der Waals surface area contributed by atoms with Crippen molar-refractivity contribution in [2.45, 2.75) is 6.92 Å². The van der Waals surface area contributed by atoms with Gasteiger partial charge in [0, 0.05) is 33.2 Å². The number of nitro groups is 1. The summed E-state index contributed by atoms with van der Waals surface area (Å²) in [5, 5.41) is 16.8. The highest BCUT2D eigenvalue weighted by molar-refractivity contribution is 7.21. The lowest BCUT2D eigenvalue weighted by molar-refractivity contribution is -0.384. The van der Waals surface area contributed by atoms with Crippen LogP contribution in [0.4, 0.5) is 10.8 Å². The number of aryl methyl sites for hydroxylation is 1. The fourth-order valence-corrected chi connectivity index (χ4v) is 4.26. The summed E-state index contributed by atoms with van der Waals surface area (Å²) in [5.41, 5.74) is 2.98. The Hall–Kier alpha value is -3.10. The fraction of sp³-hybridized carbons (Fsp3) is 0.0526. The molecule has 0 unspecified atom stereocenters. The third-order valence-electron chi connectivity index (χ3n) is 4.01. The lowest BCUT2D eigenvalue weighted by Crippen LogP contribution is -2.09. The minimum absolute atomic E-state index is 0.00919. The van der Waals surface area contributed by atoms with E-state index in [0.717, 1.165) is 16.0 Å². The van der Waals surface area contributed by atoms with Crippen molar-refractivity contribution >= 4 is 49.5 Å². The second-order valence-corrected chi connectivity index (χ2v) is 7.89. The number of non-ortho nitro benzene ring substituents is 1. The first kappa shape index (κ1) is 17.3. The second-order valence-electron chi connectivity index (χ2n) is 5.95. The number of nitrogens with one attached hydrogen (secondary N) is 1. The van der Waals surface area contributed by atoms with E-state index in [1.807, 2.05) is 36.6 Å². The molecule has 2 heterocycles. The zero-order chi connectivity index (χ0) is 19.0. The Morgan fingerprint density at radius 1 is 1.15 bits per heavy atom. The third kappa shape index (κ3) is 3.57. The highest BCUT2D eigenvalue weighted by atomic mass is 32.1. The zero-order valence-corrected chi connectivity index (χ0v) is 15.8. The van der Waals surface area contributed by atoms with E-state index in [-0.39, 0.29) is 11.6 Å². The molecule has 0 saturated carbocycles. The molecular formula is C19H13N3O3S2. The second kappa shape index (κ2) is 6.90. The smallest absolute Gasteiger partial charge is 0.270 e. The fourth-order valence-electron chi connectivity index (χ4n) is 2.60. The number of hydrogen-bond donors (Lipinski definition) is 1. The van der Waals surface area contributed by atoms with Crippen molar-refractivity contribution in [1.29, 1.82) is 0 Å². The number of carbonyl (C=O) groups is 1. The molecule has 2 aromatic heterocycles. The molecule has 6 nitrogen and oxygen atoms in total. The van der Waals surface area contributed by atoms with Gasteiger partial charge in [0.1, 0.15) is 0 Å². The maximum atomic E-state index is 12.5. The molecule has 0 aliphatic carbocycles. The van der Waals surface area contributed by atoms with Crippen molar-refractivity contribution in [3.63, 3.8) is 0 Å². The average Bonchev–Trinajstić information content (AvgIpc) is 3.28. The monoisotopic (exact) mass is 395 g/mol. The van der Waals surface area contributed by atoms with Gasteiger partial charge >= 0.3 is 0 Å². The quantitative estimate of drug-likeness (QED) is 0.365. The number of hydrogen-bond acceptors (Lipinski definition) is 6. The number of benzene rings is 2. The summed E-state index contributed by atoms with van der Waals surface area (Å²) in [6.07, 6.45) is 0. The SMILES string of the molecule is Cc1ccc(-c2csc(NC(=O)c3cc4cc([N+](=O)[O-])ccc4s3)n2)cc1. The molecule has 134 valence electrons. The van der Waals surface area contributed by atoms with Crippen molar-refractivity contribution in [1.82, 2.24) is 4.98 Å². The molecule has 1 N–H and O–H groups in total. The van der Waals surface area contributed by atoms with Gasteiger partial charge in [0.2, 0.25) is 0 Å². The first-order chi connectivity index (χ1) is 13.0. The van der Waals surface area contributed by atoms with Crippen LogP contribution in [0.15, 0.2) is 53.9 Å². The summed E-state index contributed by atoms with van der Waals surface area (Å²) in [6.45, 7) is 2.02. The van der Waals surface area contributed by atoms with Crippen LogP contribution in [0.25, 0.3) is 21.3 Å². The Labute approximate surface area is 162 Å². The van der Waals surface area contributed by atoms with Gasteiger partial charge in [0.25, 0.3) is 11.6 Å². The van der Waals surface area contributed by atoms with E-state index < -0.39 is 4.92 Å². The predicted molar refractivity (Wildman–Crippen MR) is 109 cm³/mol. The number of anilines is 1. The van der Waals surface area contributed by atoms with Gasteiger partial charge in [-0.15, -0.1) is 22.7 Å². The molecule has 0 radical (unpaired) electrons. The van der Waals surface area contributed by atoms with Gasteiger partial charge in [-0.2, -0.15) is 0 Å².